The topological polar surface area (TPSA) is 68.3 Å². The number of hydrogen-bond donors (Lipinski definition) is 2. The Bertz CT molecular complexity index is 685. The maximum absolute atomic E-state index is 5.72. The van der Waals surface area contributed by atoms with Gasteiger partial charge < -0.3 is 20.1 Å². The zero-order valence-electron chi connectivity index (χ0n) is 15.6. The van der Waals surface area contributed by atoms with Crippen LogP contribution in [0.1, 0.15) is 37.8 Å². The van der Waals surface area contributed by atoms with Crippen molar-refractivity contribution in [2.45, 2.75) is 45.1 Å². The first-order valence-electron chi connectivity index (χ1n) is 9.36. The fourth-order valence-electron chi connectivity index (χ4n) is 3.18. The van der Waals surface area contributed by atoms with Crippen LogP contribution in [0.4, 0.5) is 11.8 Å². The number of hydrogen-bond acceptors (Lipinski definition) is 6. The molecule has 0 radical (unpaired) electrons. The minimum atomic E-state index is 0.532. The van der Waals surface area contributed by atoms with Gasteiger partial charge in [0.25, 0.3) is 0 Å². The van der Waals surface area contributed by atoms with Crippen molar-refractivity contribution in [1.29, 1.82) is 0 Å². The summed E-state index contributed by atoms with van der Waals surface area (Å²) in [7, 11) is 1.65. The molecule has 3 rings (SSSR count). The standard InChI is InChI=1S/C20H28N4O2/c1-15-14-19(23-16-6-4-3-5-7-16)24-20(22-15)21-12-13-26-18-10-8-17(25-2)9-11-18/h8-11,14,16H,3-7,12-13H2,1-2H3,(H2,21,22,23,24). The van der Waals surface area contributed by atoms with E-state index in [0.29, 0.717) is 25.1 Å². The van der Waals surface area contributed by atoms with Crippen LogP contribution in [0.5, 0.6) is 11.5 Å². The Labute approximate surface area is 155 Å². The first kappa shape index (κ1) is 18.3. The molecule has 1 aromatic carbocycles. The predicted octanol–water partition coefficient (Wildman–Crippen LogP) is 4.03. The second kappa shape index (κ2) is 9.27. The number of aromatic nitrogens is 2. The molecule has 1 heterocycles. The van der Waals surface area contributed by atoms with Crippen LogP contribution in [0.25, 0.3) is 0 Å². The molecule has 1 saturated carbocycles. The average Bonchev–Trinajstić information content (AvgIpc) is 2.66. The molecule has 6 heteroatoms. The first-order chi connectivity index (χ1) is 12.7. The van der Waals surface area contributed by atoms with E-state index in [1.165, 1.54) is 32.1 Å². The fourth-order valence-corrected chi connectivity index (χ4v) is 3.18. The molecule has 2 N–H and O–H groups in total. The second-order valence-electron chi connectivity index (χ2n) is 6.65. The molecule has 0 bridgehead atoms. The van der Waals surface area contributed by atoms with Gasteiger partial charge in [0, 0.05) is 17.8 Å². The van der Waals surface area contributed by atoms with Crippen LogP contribution in [0.3, 0.4) is 0 Å². The van der Waals surface area contributed by atoms with Gasteiger partial charge in [-0.25, -0.2) is 4.98 Å². The summed E-state index contributed by atoms with van der Waals surface area (Å²) in [5.41, 5.74) is 0.955. The van der Waals surface area contributed by atoms with Crippen molar-refractivity contribution in [3.63, 3.8) is 0 Å². The monoisotopic (exact) mass is 356 g/mol. The molecule has 0 aliphatic heterocycles. The number of ether oxygens (including phenoxy) is 2. The highest BCUT2D eigenvalue weighted by Gasteiger charge is 2.14. The molecule has 26 heavy (non-hydrogen) atoms. The van der Waals surface area contributed by atoms with Gasteiger partial charge in [-0.05, 0) is 44.0 Å². The van der Waals surface area contributed by atoms with E-state index < -0.39 is 0 Å². The summed E-state index contributed by atoms with van der Waals surface area (Å²) in [6.45, 7) is 3.17. The molecule has 0 amide bonds. The second-order valence-corrected chi connectivity index (χ2v) is 6.65. The highest BCUT2D eigenvalue weighted by molar-refractivity contribution is 5.43. The molecule has 0 unspecified atom stereocenters. The number of anilines is 2. The molecular weight excluding hydrogens is 328 g/mol. The van der Waals surface area contributed by atoms with Gasteiger partial charge in [0.2, 0.25) is 5.95 Å². The Morgan fingerprint density at radius 1 is 1.04 bits per heavy atom. The molecular formula is C20H28N4O2. The van der Waals surface area contributed by atoms with Gasteiger partial charge in [0.1, 0.15) is 23.9 Å². The van der Waals surface area contributed by atoms with Crippen LogP contribution in [-0.4, -0.2) is 36.3 Å². The van der Waals surface area contributed by atoms with Crippen LogP contribution in [0.2, 0.25) is 0 Å². The number of methoxy groups -OCH3 is 1. The minimum Gasteiger partial charge on any atom is -0.497 e. The largest absolute Gasteiger partial charge is 0.497 e. The van der Waals surface area contributed by atoms with Crippen LogP contribution >= 0.6 is 0 Å². The van der Waals surface area contributed by atoms with E-state index in [1.807, 2.05) is 37.3 Å². The number of nitrogens with one attached hydrogen (secondary N) is 2. The summed E-state index contributed by atoms with van der Waals surface area (Å²) in [6.07, 6.45) is 6.40. The third kappa shape index (κ3) is 5.51. The zero-order chi connectivity index (χ0) is 18.2. The summed E-state index contributed by atoms with van der Waals surface area (Å²) in [5, 5.41) is 6.80. The Morgan fingerprint density at radius 2 is 1.77 bits per heavy atom. The normalized spacial score (nSPS) is 14.7. The van der Waals surface area contributed by atoms with E-state index in [2.05, 4.69) is 20.6 Å². The number of rotatable bonds is 8. The quantitative estimate of drug-likeness (QED) is 0.696. The van der Waals surface area contributed by atoms with Crippen LogP contribution in [-0.2, 0) is 0 Å². The summed E-state index contributed by atoms with van der Waals surface area (Å²) in [5.74, 6) is 3.18. The lowest BCUT2D eigenvalue weighted by atomic mass is 9.95. The minimum absolute atomic E-state index is 0.532. The lowest BCUT2D eigenvalue weighted by molar-refractivity contribution is 0.331. The molecule has 1 fully saturated rings. The number of benzene rings is 1. The van der Waals surface area contributed by atoms with Crippen LogP contribution in [0, 0.1) is 6.92 Å². The Balaban J connectivity index is 1.47. The highest BCUT2D eigenvalue weighted by Crippen LogP contribution is 2.21. The summed E-state index contributed by atoms with van der Waals surface area (Å²) in [4.78, 5) is 9.05. The third-order valence-electron chi connectivity index (χ3n) is 4.52. The first-order valence-corrected chi connectivity index (χ1v) is 9.36. The van der Waals surface area contributed by atoms with Gasteiger partial charge in [-0.15, -0.1) is 0 Å². The maximum Gasteiger partial charge on any atom is 0.224 e. The van der Waals surface area contributed by atoms with Crippen LogP contribution in [0.15, 0.2) is 30.3 Å². The van der Waals surface area contributed by atoms with Crippen molar-refractivity contribution in [3.8, 4) is 11.5 Å². The lowest BCUT2D eigenvalue weighted by Gasteiger charge is -2.23. The zero-order valence-corrected chi connectivity index (χ0v) is 15.6. The van der Waals surface area contributed by atoms with Crippen molar-refractivity contribution >= 4 is 11.8 Å². The van der Waals surface area contributed by atoms with E-state index in [-0.39, 0.29) is 0 Å². The smallest absolute Gasteiger partial charge is 0.224 e. The molecule has 0 atom stereocenters. The predicted molar refractivity (Wildman–Crippen MR) is 104 cm³/mol. The van der Waals surface area contributed by atoms with E-state index in [1.54, 1.807) is 7.11 Å². The molecule has 1 aliphatic carbocycles. The van der Waals surface area contributed by atoms with Gasteiger partial charge in [-0.1, -0.05) is 19.3 Å². The summed E-state index contributed by atoms with van der Waals surface area (Å²) in [6, 6.07) is 10.1. The molecule has 0 spiro atoms. The van der Waals surface area contributed by atoms with Crippen molar-refractivity contribution in [2.75, 3.05) is 30.9 Å². The van der Waals surface area contributed by atoms with Crippen LogP contribution < -0.4 is 20.1 Å². The number of aryl methyl sites for hydroxylation is 1. The molecule has 2 aromatic rings. The Hall–Kier alpha value is -2.50. The van der Waals surface area contributed by atoms with E-state index in [9.17, 15) is 0 Å². The maximum atomic E-state index is 5.72. The molecule has 140 valence electrons. The van der Waals surface area contributed by atoms with Gasteiger partial charge in [-0.3, -0.25) is 0 Å². The van der Waals surface area contributed by atoms with E-state index in [4.69, 9.17) is 9.47 Å². The van der Waals surface area contributed by atoms with Gasteiger partial charge in [0.15, 0.2) is 0 Å². The third-order valence-corrected chi connectivity index (χ3v) is 4.52. The SMILES string of the molecule is COc1ccc(OCCNc2nc(C)cc(NC3CCCCC3)n2)cc1. The average molecular weight is 356 g/mol. The van der Waals surface area contributed by atoms with Crippen molar-refractivity contribution in [3.05, 3.63) is 36.0 Å². The summed E-state index contributed by atoms with van der Waals surface area (Å²) >= 11 is 0. The highest BCUT2D eigenvalue weighted by atomic mass is 16.5. The molecule has 1 aromatic heterocycles. The van der Waals surface area contributed by atoms with Crippen molar-refractivity contribution in [2.24, 2.45) is 0 Å². The molecule has 1 aliphatic rings. The van der Waals surface area contributed by atoms with E-state index in [0.717, 1.165) is 23.0 Å². The Kier molecular flexibility index (Phi) is 6.52. The van der Waals surface area contributed by atoms with Crippen molar-refractivity contribution in [1.82, 2.24) is 9.97 Å². The van der Waals surface area contributed by atoms with Crippen molar-refractivity contribution < 1.29 is 9.47 Å². The fraction of sp³-hybridized carbons (Fsp3) is 0.500. The lowest BCUT2D eigenvalue weighted by Crippen LogP contribution is -2.23. The number of nitrogens with zero attached hydrogens (tertiary/aromatic N) is 2. The van der Waals surface area contributed by atoms with Gasteiger partial charge in [0.05, 0.1) is 13.7 Å². The molecule has 0 saturated heterocycles. The Morgan fingerprint density at radius 3 is 2.50 bits per heavy atom. The van der Waals surface area contributed by atoms with E-state index >= 15 is 0 Å². The summed E-state index contributed by atoms with van der Waals surface area (Å²) < 4.78 is 10.9. The van der Waals surface area contributed by atoms with Gasteiger partial charge in [-0.2, -0.15) is 4.98 Å². The van der Waals surface area contributed by atoms with Gasteiger partial charge >= 0.3 is 0 Å². The molecule has 6 nitrogen and oxygen atoms in total.